The number of hydrogen-bond donors (Lipinski definition) is 0. The lowest BCUT2D eigenvalue weighted by atomic mass is 9.98. The third-order valence-corrected chi connectivity index (χ3v) is 5.76. The van der Waals surface area contributed by atoms with Crippen molar-refractivity contribution in [2.24, 2.45) is 5.92 Å². The van der Waals surface area contributed by atoms with Crippen molar-refractivity contribution in [3.05, 3.63) is 30.2 Å². The second-order valence-corrected chi connectivity index (χ2v) is 8.64. The Morgan fingerprint density at radius 3 is 2.67 bits per heavy atom. The molecule has 4 heterocycles. The molecule has 2 saturated heterocycles. The van der Waals surface area contributed by atoms with Crippen LogP contribution in [0.3, 0.4) is 0 Å². The van der Waals surface area contributed by atoms with Crippen LogP contribution in [0.4, 0.5) is 5.95 Å². The van der Waals surface area contributed by atoms with Crippen LogP contribution in [0.2, 0.25) is 0 Å². The molecule has 0 saturated carbocycles. The van der Waals surface area contributed by atoms with Crippen LogP contribution in [0.25, 0.3) is 0 Å². The van der Waals surface area contributed by atoms with Gasteiger partial charge in [0, 0.05) is 58.1 Å². The molecule has 9 heteroatoms. The predicted molar refractivity (Wildman–Crippen MR) is 112 cm³/mol. The fraction of sp³-hybridized carbons (Fsp3) is 0.667. The molecule has 0 spiro atoms. The molecule has 0 bridgehead atoms. The molecule has 9 nitrogen and oxygen atoms in total. The second-order valence-electron chi connectivity index (χ2n) is 8.64. The third-order valence-electron chi connectivity index (χ3n) is 5.76. The number of amides is 1. The number of anilines is 1. The fourth-order valence-electron chi connectivity index (χ4n) is 4.14. The summed E-state index contributed by atoms with van der Waals surface area (Å²) in [5.74, 6) is 3.03. The van der Waals surface area contributed by atoms with Gasteiger partial charge in [-0.1, -0.05) is 19.0 Å². The zero-order valence-electron chi connectivity index (χ0n) is 17.9. The molecule has 2 aliphatic heterocycles. The van der Waals surface area contributed by atoms with Crippen LogP contribution < -0.4 is 4.90 Å². The Kier molecular flexibility index (Phi) is 6.56. The molecule has 0 N–H and O–H groups in total. The van der Waals surface area contributed by atoms with Gasteiger partial charge in [-0.2, -0.15) is 4.98 Å². The van der Waals surface area contributed by atoms with E-state index < -0.39 is 0 Å². The highest BCUT2D eigenvalue weighted by molar-refractivity contribution is 5.78. The lowest BCUT2D eigenvalue weighted by Gasteiger charge is -2.36. The molecule has 2 aromatic rings. The number of likely N-dealkylation sites (tertiary alicyclic amines) is 1. The molecule has 4 rings (SSSR count). The quantitative estimate of drug-likeness (QED) is 0.705. The summed E-state index contributed by atoms with van der Waals surface area (Å²) in [7, 11) is 0. The van der Waals surface area contributed by atoms with E-state index in [1.807, 2.05) is 11.0 Å². The van der Waals surface area contributed by atoms with Crippen molar-refractivity contribution in [2.45, 2.75) is 39.0 Å². The van der Waals surface area contributed by atoms with Crippen molar-refractivity contribution < 1.29 is 9.32 Å². The van der Waals surface area contributed by atoms with Crippen LogP contribution in [0.5, 0.6) is 0 Å². The van der Waals surface area contributed by atoms with E-state index >= 15 is 0 Å². The van der Waals surface area contributed by atoms with Gasteiger partial charge in [-0.25, -0.2) is 9.97 Å². The zero-order chi connectivity index (χ0) is 20.9. The van der Waals surface area contributed by atoms with Crippen LogP contribution in [0.1, 0.15) is 44.3 Å². The number of aromatic nitrogens is 4. The predicted octanol–water partition coefficient (Wildman–Crippen LogP) is 1.59. The highest BCUT2D eigenvalue weighted by atomic mass is 16.5. The average Bonchev–Trinajstić information content (AvgIpc) is 3.23. The summed E-state index contributed by atoms with van der Waals surface area (Å²) in [6.45, 7) is 9.56. The van der Waals surface area contributed by atoms with Crippen LogP contribution in [0.15, 0.2) is 23.0 Å². The number of piperazine rings is 1. The van der Waals surface area contributed by atoms with Gasteiger partial charge >= 0.3 is 0 Å². The summed E-state index contributed by atoms with van der Waals surface area (Å²) >= 11 is 0. The van der Waals surface area contributed by atoms with Crippen molar-refractivity contribution in [2.75, 3.05) is 50.7 Å². The van der Waals surface area contributed by atoms with Gasteiger partial charge in [0.2, 0.25) is 17.7 Å². The van der Waals surface area contributed by atoms with E-state index in [-0.39, 0.29) is 11.8 Å². The van der Waals surface area contributed by atoms with E-state index in [4.69, 9.17) is 4.52 Å². The standard InChI is InChI=1S/C21H31N7O2/c1-16(2)13-18-24-20(30-25-18)17-5-3-8-28(14-17)19(29)15-26-9-11-27(12-10-26)21-22-6-4-7-23-21/h4,6-7,16-17H,3,5,8-15H2,1-2H3. The van der Waals surface area contributed by atoms with Gasteiger partial charge in [0.15, 0.2) is 5.82 Å². The normalized spacial score (nSPS) is 20.7. The number of nitrogens with zero attached hydrogens (tertiary/aromatic N) is 7. The first-order valence-corrected chi connectivity index (χ1v) is 10.9. The summed E-state index contributed by atoms with van der Waals surface area (Å²) < 4.78 is 5.51. The first-order valence-electron chi connectivity index (χ1n) is 10.9. The first kappa shape index (κ1) is 20.7. The summed E-state index contributed by atoms with van der Waals surface area (Å²) in [4.78, 5) is 32.5. The number of carbonyl (C=O) groups is 1. The Morgan fingerprint density at radius 1 is 1.17 bits per heavy atom. The summed E-state index contributed by atoms with van der Waals surface area (Å²) in [5, 5.41) is 4.11. The van der Waals surface area contributed by atoms with Crippen LogP contribution in [0, 0.1) is 5.92 Å². The SMILES string of the molecule is CC(C)Cc1noc(C2CCCN(C(=O)CN3CCN(c4ncccn4)CC3)C2)n1. The third kappa shape index (κ3) is 5.13. The Labute approximate surface area is 177 Å². The second kappa shape index (κ2) is 9.51. The number of hydrogen-bond acceptors (Lipinski definition) is 8. The molecule has 0 aromatic carbocycles. The van der Waals surface area contributed by atoms with Crippen LogP contribution in [-0.4, -0.2) is 81.6 Å². The summed E-state index contributed by atoms with van der Waals surface area (Å²) in [6, 6.07) is 1.82. The maximum Gasteiger partial charge on any atom is 0.236 e. The number of piperidine rings is 1. The highest BCUT2D eigenvalue weighted by Gasteiger charge is 2.30. The molecular weight excluding hydrogens is 382 g/mol. The number of carbonyl (C=O) groups excluding carboxylic acids is 1. The van der Waals surface area contributed by atoms with Gasteiger partial charge < -0.3 is 14.3 Å². The Bertz CT molecular complexity index is 818. The van der Waals surface area contributed by atoms with Crippen molar-refractivity contribution in [1.82, 2.24) is 29.9 Å². The highest BCUT2D eigenvalue weighted by Crippen LogP contribution is 2.26. The van der Waals surface area contributed by atoms with Crippen molar-refractivity contribution in [3.8, 4) is 0 Å². The van der Waals surface area contributed by atoms with Gasteiger partial charge in [-0.05, 0) is 24.8 Å². The topological polar surface area (TPSA) is 91.5 Å². The number of rotatable bonds is 6. The molecule has 2 aromatic heterocycles. The molecule has 162 valence electrons. The summed E-state index contributed by atoms with van der Waals surface area (Å²) in [6.07, 6.45) is 6.31. The Morgan fingerprint density at radius 2 is 1.93 bits per heavy atom. The van der Waals surface area contributed by atoms with Crippen molar-refractivity contribution in [1.29, 1.82) is 0 Å². The molecule has 0 aliphatic carbocycles. The van der Waals surface area contributed by atoms with E-state index in [1.54, 1.807) is 12.4 Å². The maximum absolute atomic E-state index is 12.9. The van der Waals surface area contributed by atoms with Gasteiger partial charge in [-0.3, -0.25) is 9.69 Å². The molecule has 2 aliphatic rings. The minimum Gasteiger partial charge on any atom is -0.341 e. The van der Waals surface area contributed by atoms with Crippen molar-refractivity contribution in [3.63, 3.8) is 0 Å². The van der Waals surface area contributed by atoms with Crippen LogP contribution in [-0.2, 0) is 11.2 Å². The molecule has 30 heavy (non-hydrogen) atoms. The van der Waals surface area contributed by atoms with Crippen molar-refractivity contribution >= 4 is 11.9 Å². The van der Waals surface area contributed by atoms with Gasteiger partial charge in [0.05, 0.1) is 12.5 Å². The molecule has 0 radical (unpaired) electrons. The molecule has 1 unspecified atom stereocenters. The van der Waals surface area contributed by atoms with Gasteiger partial charge in [0.1, 0.15) is 0 Å². The van der Waals surface area contributed by atoms with Crippen LogP contribution >= 0.6 is 0 Å². The molecular formula is C21H31N7O2. The lowest BCUT2D eigenvalue weighted by molar-refractivity contribution is -0.133. The molecule has 2 fully saturated rings. The Balaban J connectivity index is 1.27. The molecule has 1 atom stereocenters. The zero-order valence-corrected chi connectivity index (χ0v) is 17.9. The molecule has 1 amide bonds. The fourth-order valence-corrected chi connectivity index (χ4v) is 4.14. The van der Waals surface area contributed by atoms with E-state index in [0.717, 1.165) is 63.8 Å². The summed E-state index contributed by atoms with van der Waals surface area (Å²) in [5.41, 5.74) is 0. The van der Waals surface area contributed by atoms with E-state index in [1.165, 1.54) is 0 Å². The first-order chi connectivity index (χ1) is 14.6. The van der Waals surface area contributed by atoms with E-state index in [0.29, 0.717) is 24.9 Å². The van der Waals surface area contributed by atoms with E-state index in [9.17, 15) is 4.79 Å². The van der Waals surface area contributed by atoms with Gasteiger partial charge in [-0.15, -0.1) is 0 Å². The smallest absolute Gasteiger partial charge is 0.236 e. The maximum atomic E-state index is 12.9. The Hall–Kier alpha value is -2.55. The minimum atomic E-state index is 0.142. The largest absolute Gasteiger partial charge is 0.341 e. The monoisotopic (exact) mass is 413 g/mol. The lowest BCUT2D eigenvalue weighted by Crippen LogP contribution is -2.51. The van der Waals surface area contributed by atoms with Gasteiger partial charge in [0.25, 0.3) is 0 Å². The minimum absolute atomic E-state index is 0.142. The van der Waals surface area contributed by atoms with E-state index in [2.05, 4.69) is 43.8 Å². The average molecular weight is 414 g/mol.